The molecule has 6 nitrogen and oxygen atoms in total. The Bertz CT molecular complexity index is 972. The zero-order valence-electron chi connectivity index (χ0n) is 16.6. The normalized spacial score (nSPS) is 18.6. The second-order valence-corrected chi connectivity index (χ2v) is 9.92. The highest BCUT2D eigenvalue weighted by molar-refractivity contribution is 7.91. The van der Waals surface area contributed by atoms with E-state index in [1.165, 1.54) is 0 Å². The maximum Gasteiger partial charge on any atom is 0.253 e. The van der Waals surface area contributed by atoms with E-state index in [2.05, 4.69) is 5.10 Å². The van der Waals surface area contributed by atoms with Crippen LogP contribution in [0.2, 0.25) is 0 Å². The van der Waals surface area contributed by atoms with E-state index >= 15 is 0 Å². The summed E-state index contributed by atoms with van der Waals surface area (Å²) < 4.78 is 25.4. The predicted octanol–water partition coefficient (Wildman–Crippen LogP) is 2.75. The highest BCUT2D eigenvalue weighted by atomic mass is 32.2. The first kappa shape index (κ1) is 19.6. The van der Waals surface area contributed by atoms with Crippen LogP contribution in [0.15, 0.2) is 18.2 Å². The van der Waals surface area contributed by atoms with Crippen molar-refractivity contribution >= 4 is 15.7 Å². The molecular weight excluding hydrogens is 362 g/mol. The van der Waals surface area contributed by atoms with Crippen molar-refractivity contribution in [2.24, 2.45) is 0 Å². The second kappa shape index (κ2) is 7.11. The third-order valence-electron chi connectivity index (χ3n) is 5.24. The zero-order valence-corrected chi connectivity index (χ0v) is 17.4. The molecule has 1 aromatic carbocycles. The molecule has 0 aliphatic carbocycles. The van der Waals surface area contributed by atoms with Gasteiger partial charge in [0, 0.05) is 30.4 Å². The van der Waals surface area contributed by atoms with Gasteiger partial charge in [0.1, 0.15) is 0 Å². The molecule has 1 atom stereocenters. The van der Waals surface area contributed by atoms with Crippen LogP contribution in [0.4, 0.5) is 0 Å². The maximum atomic E-state index is 12.8. The zero-order chi connectivity index (χ0) is 19.9. The van der Waals surface area contributed by atoms with Gasteiger partial charge in [-0.15, -0.1) is 0 Å². The molecule has 2 heterocycles. The molecule has 1 saturated heterocycles. The molecule has 3 rings (SSSR count). The van der Waals surface area contributed by atoms with E-state index in [1.54, 1.807) is 11.9 Å². The summed E-state index contributed by atoms with van der Waals surface area (Å²) in [5.41, 5.74) is 5.58. The van der Waals surface area contributed by atoms with Gasteiger partial charge in [0.2, 0.25) is 0 Å². The summed E-state index contributed by atoms with van der Waals surface area (Å²) in [6.45, 7) is 8.28. The average molecular weight is 390 g/mol. The molecule has 146 valence electrons. The SMILES string of the molecule is Cc1cc(C)cc(C(=O)N(C)Cc2c(C)nn([C@H]3CCS(=O)(=O)C3)c2C)c1. The molecule has 27 heavy (non-hydrogen) atoms. The van der Waals surface area contributed by atoms with Gasteiger partial charge < -0.3 is 4.90 Å². The molecule has 7 heteroatoms. The van der Waals surface area contributed by atoms with Gasteiger partial charge >= 0.3 is 0 Å². The number of benzene rings is 1. The van der Waals surface area contributed by atoms with Crippen molar-refractivity contribution in [3.63, 3.8) is 0 Å². The number of hydrogen-bond acceptors (Lipinski definition) is 4. The highest BCUT2D eigenvalue weighted by Gasteiger charge is 2.31. The van der Waals surface area contributed by atoms with Gasteiger partial charge in [-0.2, -0.15) is 5.10 Å². The van der Waals surface area contributed by atoms with Crippen LogP contribution in [0.1, 0.15) is 50.9 Å². The lowest BCUT2D eigenvalue weighted by molar-refractivity contribution is 0.0784. The Morgan fingerprint density at radius 2 is 1.81 bits per heavy atom. The van der Waals surface area contributed by atoms with Crippen molar-refractivity contribution < 1.29 is 13.2 Å². The van der Waals surface area contributed by atoms with Crippen LogP contribution in [-0.4, -0.2) is 47.6 Å². The number of hydrogen-bond donors (Lipinski definition) is 0. The van der Waals surface area contributed by atoms with Crippen molar-refractivity contribution in [1.82, 2.24) is 14.7 Å². The molecule has 0 unspecified atom stereocenters. The molecule has 0 radical (unpaired) electrons. The van der Waals surface area contributed by atoms with Crippen LogP contribution in [-0.2, 0) is 16.4 Å². The van der Waals surface area contributed by atoms with Crippen LogP contribution in [0.3, 0.4) is 0 Å². The topological polar surface area (TPSA) is 72.3 Å². The Kier molecular flexibility index (Phi) is 5.16. The van der Waals surface area contributed by atoms with Crippen LogP contribution in [0.25, 0.3) is 0 Å². The molecule has 0 bridgehead atoms. The minimum atomic E-state index is -2.97. The number of rotatable bonds is 4. The minimum absolute atomic E-state index is 0.0307. The Morgan fingerprint density at radius 3 is 2.37 bits per heavy atom. The first-order valence-electron chi connectivity index (χ1n) is 9.16. The van der Waals surface area contributed by atoms with Crippen molar-refractivity contribution in [2.45, 2.75) is 46.7 Å². The van der Waals surface area contributed by atoms with Crippen LogP contribution >= 0.6 is 0 Å². The van der Waals surface area contributed by atoms with E-state index in [9.17, 15) is 13.2 Å². The Balaban J connectivity index is 1.82. The highest BCUT2D eigenvalue weighted by Crippen LogP contribution is 2.27. The predicted molar refractivity (Wildman–Crippen MR) is 106 cm³/mol. The lowest BCUT2D eigenvalue weighted by atomic mass is 10.1. The number of amides is 1. The van der Waals surface area contributed by atoms with Gasteiger partial charge in [0.25, 0.3) is 5.91 Å². The summed E-state index contributed by atoms with van der Waals surface area (Å²) in [7, 11) is -1.18. The molecule has 1 aromatic heterocycles. The van der Waals surface area contributed by atoms with Crippen molar-refractivity contribution in [1.29, 1.82) is 0 Å². The smallest absolute Gasteiger partial charge is 0.253 e. The fourth-order valence-electron chi connectivity index (χ4n) is 3.88. The summed E-state index contributed by atoms with van der Waals surface area (Å²) in [4.78, 5) is 14.5. The number of nitrogens with zero attached hydrogens (tertiary/aromatic N) is 3. The molecule has 0 saturated carbocycles. The van der Waals surface area contributed by atoms with Crippen molar-refractivity contribution in [3.8, 4) is 0 Å². The number of aryl methyl sites for hydroxylation is 3. The third-order valence-corrected chi connectivity index (χ3v) is 6.99. The largest absolute Gasteiger partial charge is 0.337 e. The first-order chi connectivity index (χ1) is 12.6. The summed E-state index contributed by atoms with van der Waals surface area (Å²) in [6.07, 6.45) is 0.598. The molecule has 1 aliphatic rings. The lowest BCUT2D eigenvalue weighted by Gasteiger charge is -2.19. The van der Waals surface area contributed by atoms with Crippen LogP contribution < -0.4 is 0 Å². The minimum Gasteiger partial charge on any atom is -0.337 e. The summed E-state index contributed by atoms with van der Waals surface area (Å²) in [5, 5.41) is 4.59. The van der Waals surface area contributed by atoms with E-state index in [-0.39, 0.29) is 23.5 Å². The van der Waals surface area contributed by atoms with Crippen molar-refractivity contribution in [3.05, 3.63) is 51.8 Å². The van der Waals surface area contributed by atoms with Gasteiger partial charge in [0.15, 0.2) is 9.84 Å². The van der Waals surface area contributed by atoms with E-state index in [4.69, 9.17) is 0 Å². The van der Waals surface area contributed by atoms with Gasteiger partial charge in [-0.05, 0) is 46.2 Å². The standard InChI is InChI=1S/C20H27N3O3S/c1-13-8-14(2)10-17(9-13)20(24)22(5)11-19-15(3)21-23(16(19)4)18-6-7-27(25,26)12-18/h8-10,18H,6-7,11-12H2,1-5H3/t18-/m0/s1. The van der Waals surface area contributed by atoms with Gasteiger partial charge in [-0.3, -0.25) is 9.48 Å². The fourth-order valence-corrected chi connectivity index (χ4v) is 5.57. The third kappa shape index (κ3) is 4.08. The van der Waals surface area contributed by atoms with Crippen LogP contribution in [0, 0.1) is 27.7 Å². The molecule has 2 aromatic rings. The summed E-state index contributed by atoms with van der Waals surface area (Å²) >= 11 is 0. The molecule has 1 amide bonds. The average Bonchev–Trinajstić information content (AvgIpc) is 3.06. The van der Waals surface area contributed by atoms with Crippen LogP contribution in [0.5, 0.6) is 0 Å². The Labute approximate surface area is 161 Å². The van der Waals surface area contributed by atoms with Gasteiger partial charge in [-0.1, -0.05) is 17.2 Å². The summed E-state index contributed by atoms with van der Waals surface area (Å²) in [6, 6.07) is 5.74. The molecule has 1 fully saturated rings. The number of aromatic nitrogens is 2. The summed E-state index contributed by atoms with van der Waals surface area (Å²) in [5.74, 6) is 0.333. The van der Waals surface area contributed by atoms with E-state index in [0.29, 0.717) is 18.5 Å². The second-order valence-electron chi connectivity index (χ2n) is 7.69. The fraction of sp³-hybridized carbons (Fsp3) is 0.500. The van der Waals surface area contributed by atoms with Gasteiger partial charge in [-0.25, -0.2) is 8.42 Å². The van der Waals surface area contributed by atoms with Crippen molar-refractivity contribution in [2.75, 3.05) is 18.6 Å². The van der Waals surface area contributed by atoms with E-state index < -0.39 is 9.84 Å². The maximum absolute atomic E-state index is 12.8. The molecular formula is C20H27N3O3S. The molecule has 1 aliphatic heterocycles. The number of carbonyl (C=O) groups excluding carboxylic acids is 1. The quantitative estimate of drug-likeness (QED) is 0.806. The molecule has 0 N–H and O–H groups in total. The van der Waals surface area contributed by atoms with E-state index in [1.807, 2.05) is 50.6 Å². The first-order valence-corrected chi connectivity index (χ1v) is 11.0. The Morgan fingerprint density at radius 1 is 1.19 bits per heavy atom. The monoisotopic (exact) mass is 389 g/mol. The number of carbonyl (C=O) groups is 1. The van der Waals surface area contributed by atoms with Gasteiger partial charge in [0.05, 0.1) is 23.2 Å². The lowest BCUT2D eigenvalue weighted by Crippen LogP contribution is -2.27. The Hall–Kier alpha value is -2.15. The number of sulfone groups is 1. The van der Waals surface area contributed by atoms with E-state index in [0.717, 1.165) is 28.1 Å². The molecule has 0 spiro atoms.